The van der Waals surface area contributed by atoms with E-state index in [9.17, 15) is 9.59 Å². The molecule has 6 heteroatoms. The van der Waals surface area contributed by atoms with E-state index in [1.54, 1.807) is 24.5 Å². The molecular formula is C12H17N3O3. The molecule has 0 saturated carbocycles. The molecule has 0 aliphatic heterocycles. The minimum absolute atomic E-state index is 0.172. The van der Waals surface area contributed by atoms with Crippen LogP contribution in [0.5, 0.6) is 0 Å². The molecule has 98 valence electrons. The molecule has 0 aromatic carbocycles. The van der Waals surface area contributed by atoms with Gasteiger partial charge in [0.05, 0.1) is 5.54 Å². The summed E-state index contributed by atoms with van der Waals surface area (Å²) in [5.74, 6) is -1.60. The number of carboxylic acids is 1. The Morgan fingerprint density at radius 3 is 2.67 bits per heavy atom. The molecule has 1 aromatic rings. The Morgan fingerprint density at radius 1 is 1.56 bits per heavy atom. The largest absolute Gasteiger partial charge is 0.480 e. The van der Waals surface area contributed by atoms with Gasteiger partial charge in [0.2, 0.25) is 5.91 Å². The van der Waals surface area contributed by atoms with Crippen molar-refractivity contribution in [1.82, 2.24) is 10.3 Å². The van der Waals surface area contributed by atoms with Crippen LogP contribution in [-0.4, -0.2) is 33.5 Å². The van der Waals surface area contributed by atoms with Gasteiger partial charge in [-0.15, -0.1) is 0 Å². The Labute approximate surface area is 105 Å². The fourth-order valence-corrected chi connectivity index (χ4v) is 1.30. The van der Waals surface area contributed by atoms with Crippen LogP contribution in [0.1, 0.15) is 19.4 Å². The fraction of sp³-hybridized carbons (Fsp3) is 0.417. The van der Waals surface area contributed by atoms with Gasteiger partial charge in [-0.05, 0) is 25.5 Å². The molecule has 4 N–H and O–H groups in total. The number of nitrogens with zero attached hydrogens (tertiary/aromatic N) is 1. The summed E-state index contributed by atoms with van der Waals surface area (Å²) >= 11 is 0. The topological polar surface area (TPSA) is 105 Å². The predicted octanol–water partition coefficient (Wildman–Crippen LogP) is -0.0692. The predicted molar refractivity (Wildman–Crippen MR) is 65.8 cm³/mol. The van der Waals surface area contributed by atoms with Gasteiger partial charge in [-0.3, -0.25) is 9.78 Å². The zero-order valence-corrected chi connectivity index (χ0v) is 10.4. The zero-order valence-electron chi connectivity index (χ0n) is 10.4. The van der Waals surface area contributed by atoms with Gasteiger partial charge < -0.3 is 16.2 Å². The smallest absolute Gasteiger partial charge is 0.326 e. The number of pyridine rings is 1. The highest BCUT2D eigenvalue weighted by Crippen LogP contribution is 2.04. The molecule has 0 radical (unpaired) electrons. The number of rotatable bonds is 5. The van der Waals surface area contributed by atoms with Gasteiger partial charge in [-0.2, -0.15) is 0 Å². The summed E-state index contributed by atoms with van der Waals surface area (Å²) in [5, 5.41) is 11.5. The van der Waals surface area contributed by atoms with Crippen LogP contribution < -0.4 is 11.1 Å². The molecule has 0 aliphatic carbocycles. The van der Waals surface area contributed by atoms with E-state index < -0.39 is 23.5 Å². The lowest BCUT2D eigenvalue weighted by Gasteiger charge is -2.21. The van der Waals surface area contributed by atoms with Gasteiger partial charge in [0.15, 0.2) is 0 Å². The van der Waals surface area contributed by atoms with Crippen LogP contribution >= 0.6 is 0 Å². The first kappa shape index (κ1) is 14.1. The van der Waals surface area contributed by atoms with Gasteiger partial charge in [0, 0.05) is 18.8 Å². The van der Waals surface area contributed by atoms with E-state index in [4.69, 9.17) is 10.8 Å². The van der Waals surface area contributed by atoms with Crippen molar-refractivity contribution in [3.05, 3.63) is 30.1 Å². The third kappa shape index (κ3) is 4.14. The summed E-state index contributed by atoms with van der Waals surface area (Å²) in [6, 6.07) is 2.45. The van der Waals surface area contributed by atoms with Crippen LogP contribution in [0.4, 0.5) is 0 Å². The highest BCUT2D eigenvalue weighted by atomic mass is 16.4. The normalized spacial score (nSPS) is 12.8. The van der Waals surface area contributed by atoms with Crippen LogP contribution in [0, 0.1) is 0 Å². The molecule has 1 aromatic heterocycles. The number of aromatic nitrogens is 1. The maximum atomic E-state index is 11.7. The fourth-order valence-electron chi connectivity index (χ4n) is 1.30. The van der Waals surface area contributed by atoms with Crippen molar-refractivity contribution in [3.8, 4) is 0 Å². The number of carboxylic acid groups (broad SMARTS) is 1. The first-order valence-electron chi connectivity index (χ1n) is 5.52. The number of hydrogen-bond acceptors (Lipinski definition) is 4. The molecule has 0 spiro atoms. The van der Waals surface area contributed by atoms with Gasteiger partial charge in [-0.1, -0.05) is 6.07 Å². The molecule has 0 saturated heterocycles. The average Bonchev–Trinajstić information content (AvgIpc) is 2.28. The van der Waals surface area contributed by atoms with Crippen LogP contribution in [-0.2, 0) is 16.0 Å². The van der Waals surface area contributed by atoms with Crippen molar-refractivity contribution in [2.24, 2.45) is 5.73 Å². The van der Waals surface area contributed by atoms with Crippen molar-refractivity contribution in [2.75, 3.05) is 0 Å². The highest BCUT2D eigenvalue weighted by Gasteiger charge is 2.27. The van der Waals surface area contributed by atoms with Crippen molar-refractivity contribution >= 4 is 11.9 Å². The average molecular weight is 251 g/mol. The minimum atomic E-state index is -1.11. The lowest BCUT2D eigenvalue weighted by Crippen LogP contribution is -2.54. The maximum Gasteiger partial charge on any atom is 0.326 e. The summed E-state index contributed by atoms with van der Waals surface area (Å²) in [7, 11) is 0. The second-order valence-electron chi connectivity index (χ2n) is 4.65. The Kier molecular flexibility index (Phi) is 4.38. The van der Waals surface area contributed by atoms with Gasteiger partial charge in [0.1, 0.15) is 6.04 Å². The van der Waals surface area contributed by atoms with E-state index in [1.807, 2.05) is 0 Å². The summed E-state index contributed by atoms with van der Waals surface area (Å²) in [6.45, 7) is 3.04. The van der Waals surface area contributed by atoms with Crippen LogP contribution in [0.15, 0.2) is 24.5 Å². The third-order valence-electron chi connectivity index (χ3n) is 2.35. The zero-order chi connectivity index (χ0) is 13.8. The van der Waals surface area contributed by atoms with Crippen LogP contribution in [0.2, 0.25) is 0 Å². The lowest BCUT2D eigenvalue weighted by molar-refractivity contribution is -0.142. The molecule has 18 heavy (non-hydrogen) atoms. The first-order chi connectivity index (χ1) is 8.30. The number of amides is 1. The van der Waals surface area contributed by atoms with Crippen LogP contribution in [0.25, 0.3) is 0 Å². The highest BCUT2D eigenvalue weighted by molar-refractivity contribution is 5.89. The van der Waals surface area contributed by atoms with Gasteiger partial charge in [0.25, 0.3) is 0 Å². The van der Waals surface area contributed by atoms with E-state index >= 15 is 0 Å². The van der Waals surface area contributed by atoms with E-state index in [0.717, 1.165) is 5.56 Å². The number of nitrogens with two attached hydrogens (primary N) is 1. The molecule has 1 amide bonds. The van der Waals surface area contributed by atoms with Crippen molar-refractivity contribution < 1.29 is 14.7 Å². The monoisotopic (exact) mass is 251 g/mol. The quantitative estimate of drug-likeness (QED) is 0.679. The standard InChI is InChI=1S/C12H17N3O3/c1-12(2,13)11(18)15-9(10(16)17)6-8-4-3-5-14-7-8/h3-5,7,9H,6,13H2,1-2H3,(H,15,18)(H,16,17)/t9-/m0/s1. The molecule has 0 fully saturated rings. The molecule has 0 aliphatic rings. The van der Waals surface area contributed by atoms with Crippen LogP contribution in [0.3, 0.4) is 0 Å². The second kappa shape index (κ2) is 5.59. The SMILES string of the molecule is CC(C)(N)C(=O)N[C@@H](Cc1cccnc1)C(=O)O. The molecule has 0 bridgehead atoms. The summed E-state index contributed by atoms with van der Waals surface area (Å²) in [4.78, 5) is 26.6. The number of hydrogen-bond donors (Lipinski definition) is 3. The Hall–Kier alpha value is -1.95. The Balaban J connectivity index is 2.73. The van der Waals surface area contributed by atoms with Crippen molar-refractivity contribution in [2.45, 2.75) is 31.8 Å². The number of carbonyl (C=O) groups is 2. The Morgan fingerprint density at radius 2 is 2.22 bits per heavy atom. The molecular weight excluding hydrogens is 234 g/mol. The van der Waals surface area contributed by atoms with Gasteiger partial charge in [-0.25, -0.2) is 4.79 Å². The molecule has 0 unspecified atom stereocenters. The lowest BCUT2D eigenvalue weighted by atomic mass is 10.0. The van der Waals surface area contributed by atoms with Gasteiger partial charge >= 0.3 is 5.97 Å². The third-order valence-corrected chi connectivity index (χ3v) is 2.35. The van der Waals surface area contributed by atoms with E-state index in [-0.39, 0.29) is 6.42 Å². The summed E-state index contributed by atoms with van der Waals surface area (Å²) in [5.41, 5.74) is 5.23. The second-order valence-corrected chi connectivity index (χ2v) is 4.65. The van der Waals surface area contributed by atoms with E-state index in [1.165, 1.54) is 13.8 Å². The van der Waals surface area contributed by atoms with Crippen molar-refractivity contribution in [1.29, 1.82) is 0 Å². The van der Waals surface area contributed by atoms with E-state index in [2.05, 4.69) is 10.3 Å². The number of nitrogens with one attached hydrogen (secondary N) is 1. The summed E-state index contributed by atoms with van der Waals surface area (Å²) < 4.78 is 0. The molecule has 6 nitrogen and oxygen atoms in total. The van der Waals surface area contributed by atoms with Crippen molar-refractivity contribution in [3.63, 3.8) is 0 Å². The molecule has 1 atom stereocenters. The molecule has 1 heterocycles. The van der Waals surface area contributed by atoms with E-state index in [0.29, 0.717) is 0 Å². The number of aliphatic carboxylic acids is 1. The molecule has 1 rings (SSSR count). The minimum Gasteiger partial charge on any atom is -0.480 e. The maximum absolute atomic E-state index is 11.7. The Bertz CT molecular complexity index is 426. The first-order valence-corrected chi connectivity index (χ1v) is 5.52. The summed E-state index contributed by atoms with van der Waals surface area (Å²) in [6.07, 6.45) is 3.33. The number of carbonyl (C=O) groups excluding carboxylic acids is 1.